The summed E-state index contributed by atoms with van der Waals surface area (Å²) in [5, 5.41) is 34.1. The van der Waals surface area contributed by atoms with E-state index in [1.807, 2.05) is 0 Å². The second kappa shape index (κ2) is 7.69. The van der Waals surface area contributed by atoms with Gasteiger partial charge in [0.25, 0.3) is 0 Å². The molecule has 0 radical (unpaired) electrons. The fourth-order valence-electron chi connectivity index (χ4n) is 4.12. The van der Waals surface area contributed by atoms with Crippen molar-refractivity contribution in [3.8, 4) is 0 Å². The summed E-state index contributed by atoms with van der Waals surface area (Å²) in [6, 6.07) is 2.44. The van der Waals surface area contributed by atoms with Gasteiger partial charge < -0.3 is 20.4 Å². The number of nitrogens with zero attached hydrogens (tertiary/aromatic N) is 3. The third kappa shape index (κ3) is 3.63. The van der Waals surface area contributed by atoms with Gasteiger partial charge in [0.05, 0.1) is 13.2 Å². The number of hydrogen-bond acceptors (Lipinski definition) is 7. The molecule has 6 unspecified atom stereocenters. The Bertz CT molecular complexity index is 471. The van der Waals surface area contributed by atoms with Gasteiger partial charge in [0, 0.05) is 42.8 Å². The Morgan fingerprint density at radius 3 is 1.35 bits per heavy atom. The topological polar surface area (TPSA) is 107 Å². The first-order chi connectivity index (χ1) is 12.1. The molecule has 4 N–H and O–H groups in total. The van der Waals surface area contributed by atoms with Gasteiger partial charge in [-0.1, -0.05) is 0 Å². The lowest BCUT2D eigenvalue weighted by molar-refractivity contribution is -0.157. The molecular formula is C18H35N3O5. The van der Waals surface area contributed by atoms with Crippen molar-refractivity contribution in [2.45, 2.75) is 89.6 Å². The number of carboxylic acids is 1. The molecule has 6 atom stereocenters. The van der Waals surface area contributed by atoms with E-state index in [0.717, 1.165) is 0 Å². The fourth-order valence-corrected chi connectivity index (χ4v) is 4.12. The summed E-state index contributed by atoms with van der Waals surface area (Å²) in [7, 11) is 0. The molecule has 3 heterocycles. The average molecular weight is 373 g/mol. The highest BCUT2D eigenvalue weighted by atomic mass is 16.4. The third-order valence-corrected chi connectivity index (χ3v) is 6.65. The largest absolute Gasteiger partial charge is 0.479 e. The lowest BCUT2D eigenvalue weighted by atomic mass is 10.1. The number of carbonyl (C=O) groups is 1. The Morgan fingerprint density at radius 2 is 1.19 bits per heavy atom. The molecule has 3 aliphatic rings. The van der Waals surface area contributed by atoms with Gasteiger partial charge in [-0.05, 0) is 41.5 Å². The lowest BCUT2D eigenvalue weighted by Gasteiger charge is -2.35. The van der Waals surface area contributed by atoms with Crippen molar-refractivity contribution in [1.82, 2.24) is 14.7 Å². The molecule has 0 spiro atoms. The van der Waals surface area contributed by atoms with Crippen LogP contribution in [-0.2, 0) is 4.79 Å². The first kappa shape index (κ1) is 21.5. The highest BCUT2D eigenvalue weighted by molar-refractivity contribution is 5.80. The Balaban J connectivity index is 0.000000352. The van der Waals surface area contributed by atoms with E-state index in [4.69, 9.17) is 15.3 Å². The summed E-state index contributed by atoms with van der Waals surface area (Å²) < 4.78 is 0. The van der Waals surface area contributed by atoms with Gasteiger partial charge in [-0.3, -0.25) is 14.7 Å². The first-order valence-corrected chi connectivity index (χ1v) is 9.52. The predicted octanol–water partition coefficient (Wildman–Crippen LogP) is -0.623. The van der Waals surface area contributed by atoms with Crippen LogP contribution in [0.1, 0.15) is 41.5 Å². The molecule has 0 aromatic carbocycles. The zero-order valence-electron chi connectivity index (χ0n) is 16.7. The van der Waals surface area contributed by atoms with Gasteiger partial charge in [-0.2, -0.15) is 0 Å². The van der Waals surface area contributed by atoms with E-state index < -0.39 is 17.7 Å². The summed E-state index contributed by atoms with van der Waals surface area (Å²) in [4.78, 5) is 18.9. The van der Waals surface area contributed by atoms with Gasteiger partial charge in [0.2, 0.25) is 0 Å². The van der Waals surface area contributed by atoms with Crippen LogP contribution in [0.25, 0.3) is 0 Å². The third-order valence-electron chi connectivity index (χ3n) is 6.65. The van der Waals surface area contributed by atoms with Crippen LogP contribution in [0.15, 0.2) is 0 Å². The van der Waals surface area contributed by atoms with Crippen molar-refractivity contribution in [3.63, 3.8) is 0 Å². The monoisotopic (exact) mass is 373 g/mol. The van der Waals surface area contributed by atoms with E-state index in [0.29, 0.717) is 42.8 Å². The number of rotatable bonds is 7. The minimum Gasteiger partial charge on any atom is -0.479 e. The second-order valence-electron chi connectivity index (χ2n) is 8.07. The smallest absolute Gasteiger partial charge is 0.340 e. The molecule has 3 aliphatic heterocycles. The van der Waals surface area contributed by atoms with Crippen molar-refractivity contribution >= 4 is 5.97 Å². The van der Waals surface area contributed by atoms with Crippen LogP contribution in [0.5, 0.6) is 0 Å². The number of aliphatic hydroxyl groups is 3. The van der Waals surface area contributed by atoms with E-state index in [1.165, 1.54) is 0 Å². The maximum Gasteiger partial charge on any atom is 0.340 e. The van der Waals surface area contributed by atoms with Gasteiger partial charge >= 0.3 is 5.97 Å². The number of aliphatic hydroxyl groups excluding tert-OH is 3. The van der Waals surface area contributed by atoms with E-state index >= 15 is 0 Å². The molecule has 3 saturated heterocycles. The molecule has 3 fully saturated rings. The van der Waals surface area contributed by atoms with Gasteiger partial charge in [0.15, 0.2) is 5.66 Å². The summed E-state index contributed by atoms with van der Waals surface area (Å²) >= 11 is 0. The molecule has 152 valence electrons. The van der Waals surface area contributed by atoms with Crippen LogP contribution in [-0.4, -0.2) is 109 Å². The lowest BCUT2D eigenvalue weighted by Crippen LogP contribution is -2.60. The van der Waals surface area contributed by atoms with Crippen molar-refractivity contribution in [2.75, 3.05) is 19.8 Å². The predicted molar refractivity (Wildman–Crippen MR) is 97.7 cm³/mol. The standard InChI is InChI=1S/C15H27N3O2.C3H8O3/c1-8-9(2)16(8)7-15(14(19)20,17-10(3)11(17)4)18-12(5)13(18)6;4-1-3(6)2-5/h8-13H,7H2,1-6H3,(H,19,20);3-6H,1-2H2. The quantitative estimate of drug-likeness (QED) is 0.437. The SMILES string of the molecule is CC1C(C)N1CC(C(=O)O)(N1C(C)C1C)N1C(C)C1C.OCC(O)CO. The molecule has 0 aromatic heterocycles. The summed E-state index contributed by atoms with van der Waals surface area (Å²) in [6.07, 6.45) is -0.954. The summed E-state index contributed by atoms with van der Waals surface area (Å²) in [5.74, 6) is -0.684. The van der Waals surface area contributed by atoms with Gasteiger partial charge in [-0.25, -0.2) is 4.79 Å². The molecular weight excluding hydrogens is 338 g/mol. The number of aliphatic carboxylic acids is 1. The maximum atomic E-state index is 12.2. The van der Waals surface area contributed by atoms with E-state index in [-0.39, 0.29) is 13.2 Å². The minimum atomic E-state index is -0.954. The average Bonchev–Trinajstić information content (AvgIpc) is 3.52. The molecule has 0 aliphatic carbocycles. The Kier molecular flexibility index (Phi) is 6.37. The Labute approximate surface area is 156 Å². The number of carboxylic acid groups (broad SMARTS) is 1. The molecule has 0 amide bonds. The first-order valence-electron chi connectivity index (χ1n) is 9.52. The maximum absolute atomic E-state index is 12.2. The Morgan fingerprint density at radius 1 is 0.846 bits per heavy atom. The van der Waals surface area contributed by atoms with Crippen LogP contribution < -0.4 is 0 Å². The minimum absolute atomic E-state index is 0.358. The van der Waals surface area contributed by atoms with Crippen LogP contribution in [0, 0.1) is 0 Å². The van der Waals surface area contributed by atoms with Crippen LogP contribution in [0.3, 0.4) is 0 Å². The van der Waals surface area contributed by atoms with Crippen molar-refractivity contribution in [3.05, 3.63) is 0 Å². The molecule has 3 rings (SSSR count). The zero-order chi connectivity index (χ0) is 20.0. The molecule has 0 bridgehead atoms. The Hall–Kier alpha value is -0.770. The number of hydrogen-bond donors (Lipinski definition) is 4. The molecule has 8 heteroatoms. The zero-order valence-corrected chi connectivity index (χ0v) is 16.7. The normalized spacial score (nSPS) is 45.4. The highest BCUT2D eigenvalue weighted by Gasteiger charge is 2.69. The van der Waals surface area contributed by atoms with E-state index in [1.54, 1.807) is 0 Å². The van der Waals surface area contributed by atoms with Crippen molar-refractivity contribution in [2.24, 2.45) is 0 Å². The second-order valence-corrected chi connectivity index (χ2v) is 8.07. The molecule has 26 heavy (non-hydrogen) atoms. The molecule has 8 nitrogen and oxygen atoms in total. The van der Waals surface area contributed by atoms with Crippen LogP contribution >= 0.6 is 0 Å². The van der Waals surface area contributed by atoms with E-state index in [2.05, 4.69) is 56.2 Å². The summed E-state index contributed by atoms with van der Waals surface area (Å²) in [6.45, 7) is 12.8. The molecule has 0 aromatic rings. The highest BCUT2D eigenvalue weighted by Crippen LogP contribution is 2.49. The van der Waals surface area contributed by atoms with Gasteiger partial charge in [0.1, 0.15) is 6.10 Å². The van der Waals surface area contributed by atoms with Crippen molar-refractivity contribution < 1.29 is 25.2 Å². The summed E-state index contributed by atoms with van der Waals surface area (Å²) in [5.41, 5.74) is -0.837. The van der Waals surface area contributed by atoms with Crippen LogP contribution in [0.2, 0.25) is 0 Å². The fraction of sp³-hybridized carbons (Fsp3) is 0.944. The van der Waals surface area contributed by atoms with E-state index in [9.17, 15) is 9.90 Å². The van der Waals surface area contributed by atoms with Gasteiger partial charge in [-0.15, -0.1) is 0 Å². The van der Waals surface area contributed by atoms with Crippen LogP contribution in [0.4, 0.5) is 0 Å². The molecule has 0 saturated carbocycles. The van der Waals surface area contributed by atoms with Crippen molar-refractivity contribution in [1.29, 1.82) is 0 Å².